The molecule has 30 heavy (non-hydrogen) atoms. The second-order valence-electron chi connectivity index (χ2n) is 6.32. The summed E-state index contributed by atoms with van der Waals surface area (Å²) in [7, 11) is 0. The van der Waals surface area contributed by atoms with Crippen LogP contribution in [0.3, 0.4) is 0 Å². The van der Waals surface area contributed by atoms with Crippen LogP contribution in [0.2, 0.25) is 0 Å². The van der Waals surface area contributed by atoms with E-state index in [1.807, 2.05) is 18.2 Å². The minimum absolute atomic E-state index is 0.0929. The van der Waals surface area contributed by atoms with Crippen molar-refractivity contribution < 1.29 is 14.4 Å². The van der Waals surface area contributed by atoms with Gasteiger partial charge in [-0.2, -0.15) is 0 Å². The molecule has 8 heteroatoms. The molecule has 0 radical (unpaired) electrons. The Kier molecular flexibility index (Phi) is 7.10. The molecule has 0 spiro atoms. The van der Waals surface area contributed by atoms with Gasteiger partial charge < -0.3 is 21.3 Å². The van der Waals surface area contributed by atoms with Gasteiger partial charge in [0.2, 0.25) is 5.91 Å². The van der Waals surface area contributed by atoms with Crippen LogP contribution in [0.15, 0.2) is 79.1 Å². The lowest BCUT2D eigenvalue weighted by atomic mass is 10.2. The number of nitrogens with zero attached hydrogens (tertiary/aromatic N) is 1. The van der Waals surface area contributed by atoms with Crippen molar-refractivity contribution in [3.63, 3.8) is 0 Å². The molecule has 0 saturated heterocycles. The van der Waals surface area contributed by atoms with Crippen molar-refractivity contribution in [2.24, 2.45) is 0 Å². The van der Waals surface area contributed by atoms with Crippen molar-refractivity contribution in [3.8, 4) is 0 Å². The number of pyridine rings is 1. The molecule has 0 aliphatic carbocycles. The number of hydrogen-bond acceptors (Lipinski definition) is 4. The zero-order valence-electron chi connectivity index (χ0n) is 16.1. The Morgan fingerprint density at radius 1 is 0.733 bits per heavy atom. The van der Waals surface area contributed by atoms with E-state index in [-0.39, 0.29) is 30.8 Å². The highest BCUT2D eigenvalue weighted by Gasteiger charge is 2.09. The summed E-state index contributed by atoms with van der Waals surface area (Å²) in [5.41, 5.74) is 2.20. The molecule has 1 aromatic heterocycles. The molecule has 2 aromatic carbocycles. The van der Waals surface area contributed by atoms with Crippen LogP contribution in [-0.4, -0.2) is 29.4 Å². The Labute approximate surface area is 173 Å². The zero-order valence-corrected chi connectivity index (χ0v) is 16.1. The SMILES string of the molecule is O=C(CCNC(=O)Nc1ccccc1)Nc1cccc(C(=O)Nc2ccncc2)c1. The van der Waals surface area contributed by atoms with E-state index in [1.165, 1.54) is 0 Å². The van der Waals surface area contributed by atoms with E-state index >= 15 is 0 Å². The van der Waals surface area contributed by atoms with Gasteiger partial charge in [0.1, 0.15) is 0 Å². The van der Waals surface area contributed by atoms with E-state index in [9.17, 15) is 14.4 Å². The average Bonchev–Trinajstić information content (AvgIpc) is 2.75. The van der Waals surface area contributed by atoms with E-state index in [1.54, 1.807) is 60.9 Å². The first-order valence-electron chi connectivity index (χ1n) is 9.31. The first kappa shape index (κ1) is 20.5. The summed E-state index contributed by atoms with van der Waals surface area (Å²) in [5, 5.41) is 10.8. The fourth-order valence-corrected chi connectivity index (χ4v) is 2.59. The van der Waals surface area contributed by atoms with Crippen molar-refractivity contribution in [2.45, 2.75) is 6.42 Å². The molecule has 4 amide bonds. The van der Waals surface area contributed by atoms with Crippen molar-refractivity contribution in [1.29, 1.82) is 0 Å². The first-order valence-corrected chi connectivity index (χ1v) is 9.31. The van der Waals surface area contributed by atoms with Gasteiger partial charge in [0.25, 0.3) is 5.91 Å². The lowest BCUT2D eigenvalue weighted by Gasteiger charge is -2.09. The van der Waals surface area contributed by atoms with Crippen LogP contribution in [-0.2, 0) is 4.79 Å². The van der Waals surface area contributed by atoms with Crippen LogP contribution in [0.4, 0.5) is 21.9 Å². The number of para-hydroxylation sites is 1. The minimum atomic E-state index is -0.385. The first-order chi connectivity index (χ1) is 14.6. The maximum absolute atomic E-state index is 12.4. The second-order valence-corrected chi connectivity index (χ2v) is 6.32. The van der Waals surface area contributed by atoms with Gasteiger partial charge in [0, 0.05) is 48.0 Å². The third-order valence-corrected chi connectivity index (χ3v) is 4.02. The van der Waals surface area contributed by atoms with Gasteiger partial charge in [0.05, 0.1) is 0 Å². The third-order valence-electron chi connectivity index (χ3n) is 4.02. The number of nitrogens with one attached hydrogen (secondary N) is 4. The summed E-state index contributed by atoms with van der Waals surface area (Å²) in [4.78, 5) is 40.2. The monoisotopic (exact) mass is 403 g/mol. The van der Waals surface area contributed by atoms with E-state index in [0.29, 0.717) is 22.6 Å². The Bertz CT molecular complexity index is 1010. The number of benzene rings is 2. The predicted molar refractivity (Wildman–Crippen MR) is 115 cm³/mol. The summed E-state index contributed by atoms with van der Waals surface area (Å²) in [6.07, 6.45) is 3.26. The molecule has 0 aliphatic heterocycles. The molecule has 4 N–H and O–H groups in total. The molecule has 0 atom stereocenters. The topological polar surface area (TPSA) is 112 Å². The molecule has 0 fully saturated rings. The van der Waals surface area contributed by atoms with Gasteiger partial charge in [-0.15, -0.1) is 0 Å². The van der Waals surface area contributed by atoms with Gasteiger partial charge in [-0.1, -0.05) is 24.3 Å². The number of amides is 4. The summed E-state index contributed by atoms with van der Waals surface area (Å²) in [6, 6.07) is 18.6. The predicted octanol–water partition coefficient (Wildman–Crippen LogP) is 3.48. The van der Waals surface area contributed by atoms with Crippen LogP contribution in [0, 0.1) is 0 Å². The summed E-state index contributed by atoms with van der Waals surface area (Å²) in [5.74, 6) is -0.571. The fourth-order valence-electron chi connectivity index (χ4n) is 2.59. The van der Waals surface area contributed by atoms with Crippen LogP contribution < -0.4 is 21.3 Å². The van der Waals surface area contributed by atoms with Gasteiger partial charge in [-0.25, -0.2) is 4.79 Å². The van der Waals surface area contributed by atoms with Crippen molar-refractivity contribution in [1.82, 2.24) is 10.3 Å². The molecule has 0 saturated carbocycles. The Morgan fingerprint density at radius 2 is 1.43 bits per heavy atom. The zero-order chi connectivity index (χ0) is 21.2. The third kappa shape index (κ3) is 6.45. The lowest BCUT2D eigenvalue weighted by molar-refractivity contribution is -0.116. The lowest BCUT2D eigenvalue weighted by Crippen LogP contribution is -2.31. The molecule has 8 nitrogen and oxygen atoms in total. The molecule has 3 rings (SSSR count). The van der Waals surface area contributed by atoms with E-state index < -0.39 is 0 Å². The molecule has 0 bridgehead atoms. The standard InChI is InChI=1S/C22H21N5O3/c28-20(11-14-24-22(30)27-17-6-2-1-3-7-17)25-19-8-4-5-16(15-19)21(29)26-18-9-12-23-13-10-18/h1-10,12-13,15H,11,14H2,(H,25,28)(H,23,26,29)(H2,24,27,30). The summed E-state index contributed by atoms with van der Waals surface area (Å²) < 4.78 is 0. The van der Waals surface area contributed by atoms with E-state index in [2.05, 4.69) is 26.3 Å². The van der Waals surface area contributed by atoms with Gasteiger partial charge in [-0.05, 0) is 42.5 Å². The Balaban J connectivity index is 1.45. The number of hydrogen-bond donors (Lipinski definition) is 4. The molecule has 0 aliphatic rings. The number of anilines is 3. The minimum Gasteiger partial charge on any atom is -0.337 e. The summed E-state index contributed by atoms with van der Waals surface area (Å²) >= 11 is 0. The van der Waals surface area contributed by atoms with Crippen LogP contribution in [0.1, 0.15) is 16.8 Å². The molecule has 3 aromatic rings. The van der Waals surface area contributed by atoms with Crippen LogP contribution >= 0.6 is 0 Å². The molecular weight excluding hydrogens is 382 g/mol. The normalized spacial score (nSPS) is 10.0. The number of carbonyl (C=O) groups excluding carboxylic acids is 3. The maximum atomic E-state index is 12.4. The number of urea groups is 1. The molecular formula is C22H21N5O3. The highest BCUT2D eigenvalue weighted by molar-refractivity contribution is 6.05. The summed E-state index contributed by atoms with van der Waals surface area (Å²) in [6.45, 7) is 0.173. The van der Waals surface area contributed by atoms with E-state index in [0.717, 1.165) is 0 Å². The van der Waals surface area contributed by atoms with Gasteiger partial charge in [-0.3, -0.25) is 14.6 Å². The Morgan fingerprint density at radius 3 is 2.20 bits per heavy atom. The average molecular weight is 403 g/mol. The number of carbonyl (C=O) groups is 3. The number of rotatable bonds is 7. The maximum Gasteiger partial charge on any atom is 0.319 e. The molecule has 1 heterocycles. The quantitative estimate of drug-likeness (QED) is 0.484. The number of aromatic nitrogens is 1. The van der Waals surface area contributed by atoms with Gasteiger partial charge >= 0.3 is 6.03 Å². The molecule has 152 valence electrons. The smallest absolute Gasteiger partial charge is 0.319 e. The highest BCUT2D eigenvalue weighted by Crippen LogP contribution is 2.13. The molecule has 0 unspecified atom stereocenters. The van der Waals surface area contributed by atoms with Crippen molar-refractivity contribution in [3.05, 3.63) is 84.7 Å². The van der Waals surface area contributed by atoms with Crippen molar-refractivity contribution in [2.75, 3.05) is 22.5 Å². The highest BCUT2D eigenvalue weighted by atomic mass is 16.2. The second kappa shape index (κ2) is 10.4. The largest absolute Gasteiger partial charge is 0.337 e. The van der Waals surface area contributed by atoms with E-state index in [4.69, 9.17) is 0 Å². The Hall–Kier alpha value is -4.20. The van der Waals surface area contributed by atoms with Crippen molar-refractivity contribution >= 4 is 34.9 Å². The fraction of sp³-hybridized carbons (Fsp3) is 0.0909. The van der Waals surface area contributed by atoms with Crippen LogP contribution in [0.25, 0.3) is 0 Å². The van der Waals surface area contributed by atoms with Gasteiger partial charge in [0.15, 0.2) is 0 Å². The van der Waals surface area contributed by atoms with Crippen LogP contribution in [0.5, 0.6) is 0 Å².